The quantitative estimate of drug-likeness (QED) is 0.861. The van der Waals surface area contributed by atoms with Crippen LogP contribution < -0.4 is 5.32 Å². The van der Waals surface area contributed by atoms with Gasteiger partial charge in [0.05, 0.1) is 26.8 Å². The number of aromatic hydroxyl groups is 1. The molecule has 0 aliphatic heterocycles. The maximum absolute atomic E-state index is 12.0. The van der Waals surface area contributed by atoms with Gasteiger partial charge < -0.3 is 10.4 Å². The van der Waals surface area contributed by atoms with Crippen LogP contribution in [-0.2, 0) is 0 Å². The second-order valence-corrected chi connectivity index (χ2v) is 5.19. The number of phenols is 1. The van der Waals surface area contributed by atoms with Crippen LogP contribution >= 0.6 is 27.5 Å². The molecule has 20 heavy (non-hydrogen) atoms. The lowest BCUT2D eigenvalue weighted by molar-refractivity contribution is 0.102. The summed E-state index contributed by atoms with van der Waals surface area (Å²) in [6.45, 7) is 0. The van der Waals surface area contributed by atoms with E-state index in [2.05, 4.69) is 21.2 Å². The van der Waals surface area contributed by atoms with Crippen LogP contribution in [0.25, 0.3) is 0 Å². The number of nitriles is 1. The van der Waals surface area contributed by atoms with Gasteiger partial charge in [-0.3, -0.25) is 4.79 Å². The van der Waals surface area contributed by atoms with E-state index in [9.17, 15) is 9.90 Å². The first kappa shape index (κ1) is 14.4. The van der Waals surface area contributed by atoms with E-state index >= 15 is 0 Å². The molecule has 0 saturated heterocycles. The van der Waals surface area contributed by atoms with Crippen LogP contribution in [0, 0.1) is 11.3 Å². The molecule has 100 valence electrons. The molecule has 1 amide bonds. The Bertz CT molecular complexity index is 726. The van der Waals surface area contributed by atoms with E-state index in [0.29, 0.717) is 21.3 Å². The van der Waals surface area contributed by atoms with E-state index in [4.69, 9.17) is 16.9 Å². The summed E-state index contributed by atoms with van der Waals surface area (Å²) in [6, 6.07) is 11.0. The number of amides is 1. The normalized spacial score (nSPS) is 9.85. The van der Waals surface area contributed by atoms with Crippen molar-refractivity contribution in [3.8, 4) is 11.8 Å². The zero-order chi connectivity index (χ0) is 14.7. The van der Waals surface area contributed by atoms with E-state index in [1.165, 1.54) is 12.1 Å². The number of halogens is 2. The molecule has 0 radical (unpaired) electrons. The summed E-state index contributed by atoms with van der Waals surface area (Å²) in [7, 11) is 0. The van der Waals surface area contributed by atoms with Gasteiger partial charge in [0.15, 0.2) is 0 Å². The molecule has 0 heterocycles. The van der Waals surface area contributed by atoms with Crippen molar-refractivity contribution < 1.29 is 9.90 Å². The SMILES string of the molecule is N#Cc1ccc(NC(=O)c2ccc(Br)c(O)c2)c(Cl)c1. The first-order valence-electron chi connectivity index (χ1n) is 5.51. The molecule has 2 aromatic carbocycles. The van der Waals surface area contributed by atoms with Gasteiger partial charge in [-0.1, -0.05) is 11.6 Å². The minimum absolute atomic E-state index is 0.0245. The summed E-state index contributed by atoms with van der Waals surface area (Å²) in [5.74, 6) is -0.428. The third-order valence-corrected chi connectivity index (χ3v) is 3.54. The van der Waals surface area contributed by atoms with Crippen molar-refractivity contribution in [3.05, 3.63) is 57.0 Å². The van der Waals surface area contributed by atoms with Crippen LogP contribution in [0.5, 0.6) is 5.75 Å². The highest BCUT2D eigenvalue weighted by atomic mass is 79.9. The molecule has 2 rings (SSSR count). The highest BCUT2D eigenvalue weighted by Crippen LogP contribution is 2.26. The molecule has 2 aromatic rings. The Labute approximate surface area is 128 Å². The predicted molar refractivity (Wildman–Crippen MR) is 79.9 cm³/mol. The van der Waals surface area contributed by atoms with Gasteiger partial charge in [0.1, 0.15) is 5.75 Å². The van der Waals surface area contributed by atoms with Crippen molar-refractivity contribution >= 4 is 39.1 Å². The Morgan fingerprint density at radius 1 is 1.30 bits per heavy atom. The fraction of sp³-hybridized carbons (Fsp3) is 0. The standard InChI is InChI=1S/C14H8BrClN2O2/c15-10-3-2-9(6-13(10)19)14(20)18-12-4-1-8(7-17)5-11(12)16/h1-6,19H,(H,18,20). The smallest absolute Gasteiger partial charge is 0.255 e. The van der Waals surface area contributed by atoms with Crippen molar-refractivity contribution in [3.63, 3.8) is 0 Å². The maximum Gasteiger partial charge on any atom is 0.255 e. The summed E-state index contributed by atoms with van der Waals surface area (Å²) in [6.07, 6.45) is 0. The van der Waals surface area contributed by atoms with Gasteiger partial charge in [0, 0.05) is 5.56 Å². The molecule has 0 atom stereocenters. The minimum Gasteiger partial charge on any atom is -0.507 e. The van der Waals surface area contributed by atoms with E-state index in [1.807, 2.05) is 6.07 Å². The number of hydrogen-bond acceptors (Lipinski definition) is 3. The van der Waals surface area contributed by atoms with Crippen molar-refractivity contribution in [2.45, 2.75) is 0 Å². The Morgan fingerprint density at radius 2 is 2.05 bits per heavy atom. The maximum atomic E-state index is 12.0. The van der Waals surface area contributed by atoms with Crippen LogP contribution in [0.3, 0.4) is 0 Å². The number of hydrogen-bond donors (Lipinski definition) is 2. The number of nitrogens with one attached hydrogen (secondary N) is 1. The van der Waals surface area contributed by atoms with Gasteiger partial charge in [0.25, 0.3) is 5.91 Å². The fourth-order valence-electron chi connectivity index (χ4n) is 1.53. The number of rotatable bonds is 2. The molecule has 0 fully saturated rings. The Morgan fingerprint density at radius 3 is 2.65 bits per heavy atom. The van der Waals surface area contributed by atoms with Crippen molar-refractivity contribution in [1.29, 1.82) is 5.26 Å². The van der Waals surface area contributed by atoms with Crippen LogP contribution in [0.1, 0.15) is 15.9 Å². The molecule has 2 N–H and O–H groups in total. The van der Waals surface area contributed by atoms with Crippen LogP contribution in [0.2, 0.25) is 5.02 Å². The summed E-state index contributed by atoms with van der Waals surface area (Å²) in [5.41, 5.74) is 1.11. The molecule has 0 aromatic heterocycles. The van der Waals surface area contributed by atoms with E-state index in [0.717, 1.165) is 0 Å². The monoisotopic (exact) mass is 350 g/mol. The van der Waals surface area contributed by atoms with Crippen molar-refractivity contribution in [2.75, 3.05) is 5.32 Å². The number of phenolic OH excluding ortho intramolecular Hbond substituents is 1. The molecule has 0 unspecified atom stereocenters. The predicted octanol–water partition coefficient (Wildman–Crippen LogP) is 3.93. The highest BCUT2D eigenvalue weighted by molar-refractivity contribution is 9.10. The molecule has 6 heteroatoms. The second-order valence-electron chi connectivity index (χ2n) is 3.93. The molecular weight excluding hydrogens is 344 g/mol. The first-order chi connectivity index (χ1) is 9.51. The molecule has 0 spiro atoms. The molecule has 4 nitrogen and oxygen atoms in total. The second kappa shape index (κ2) is 5.95. The Balaban J connectivity index is 2.23. The third-order valence-electron chi connectivity index (χ3n) is 2.55. The first-order valence-corrected chi connectivity index (χ1v) is 6.68. The Hall–Kier alpha value is -2.03. The number of carbonyl (C=O) groups excluding carboxylic acids is 1. The van der Waals surface area contributed by atoms with Crippen molar-refractivity contribution in [2.24, 2.45) is 0 Å². The van der Waals surface area contributed by atoms with E-state index in [-0.39, 0.29) is 10.8 Å². The summed E-state index contributed by atoms with van der Waals surface area (Å²) >= 11 is 9.11. The zero-order valence-electron chi connectivity index (χ0n) is 10.0. The van der Waals surface area contributed by atoms with Crippen LogP contribution in [0.4, 0.5) is 5.69 Å². The lowest BCUT2D eigenvalue weighted by Crippen LogP contribution is -2.12. The number of carbonyl (C=O) groups is 1. The van der Waals surface area contributed by atoms with E-state index in [1.54, 1.807) is 24.3 Å². The van der Waals surface area contributed by atoms with Gasteiger partial charge in [-0.25, -0.2) is 0 Å². The van der Waals surface area contributed by atoms with Crippen LogP contribution in [0.15, 0.2) is 40.9 Å². The van der Waals surface area contributed by atoms with Crippen molar-refractivity contribution in [1.82, 2.24) is 0 Å². The van der Waals surface area contributed by atoms with Gasteiger partial charge in [0.2, 0.25) is 0 Å². The zero-order valence-corrected chi connectivity index (χ0v) is 12.4. The summed E-state index contributed by atoms with van der Waals surface area (Å²) in [4.78, 5) is 12.0. The van der Waals surface area contributed by atoms with Gasteiger partial charge >= 0.3 is 0 Å². The summed E-state index contributed by atoms with van der Waals surface area (Å²) in [5, 5.41) is 21.2. The minimum atomic E-state index is -0.403. The summed E-state index contributed by atoms with van der Waals surface area (Å²) < 4.78 is 0.505. The lowest BCUT2D eigenvalue weighted by atomic mass is 10.2. The fourth-order valence-corrected chi connectivity index (χ4v) is 2.01. The average Bonchev–Trinajstić information content (AvgIpc) is 2.43. The lowest BCUT2D eigenvalue weighted by Gasteiger charge is -2.08. The Kier molecular flexibility index (Phi) is 4.28. The third kappa shape index (κ3) is 3.10. The molecule has 0 bridgehead atoms. The number of nitrogens with zero attached hydrogens (tertiary/aromatic N) is 1. The largest absolute Gasteiger partial charge is 0.507 e. The highest BCUT2D eigenvalue weighted by Gasteiger charge is 2.10. The average molecular weight is 352 g/mol. The molecule has 0 aliphatic rings. The molecule has 0 aliphatic carbocycles. The van der Waals surface area contributed by atoms with Gasteiger partial charge in [-0.05, 0) is 52.3 Å². The van der Waals surface area contributed by atoms with Crippen LogP contribution in [-0.4, -0.2) is 11.0 Å². The van der Waals surface area contributed by atoms with Gasteiger partial charge in [-0.2, -0.15) is 5.26 Å². The number of benzene rings is 2. The van der Waals surface area contributed by atoms with Gasteiger partial charge in [-0.15, -0.1) is 0 Å². The molecular formula is C14H8BrClN2O2. The topological polar surface area (TPSA) is 73.1 Å². The van der Waals surface area contributed by atoms with E-state index < -0.39 is 5.91 Å². The number of anilines is 1. The molecule has 0 saturated carbocycles.